The van der Waals surface area contributed by atoms with Gasteiger partial charge in [-0.3, -0.25) is 14.4 Å². The van der Waals surface area contributed by atoms with E-state index < -0.39 is 22.6 Å². The van der Waals surface area contributed by atoms with Crippen LogP contribution in [0.1, 0.15) is 26.7 Å². The molecule has 1 aromatic carbocycles. The van der Waals surface area contributed by atoms with Crippen LogP contribution in [0.15, 0.2) is 24.3 Å². The zero-order valence-corrected chi connectivity index (χ0v) is 22.2. The molecule has 8 nitrogen and oxygen atoms in total. The number of fused-ring (bicyclic) bond motifs is 1. The number of nitrogens with zero attached hydrogens (tertiary/aromatic N) is 2. The SMILES string of the molecule is CCN(CC)c1ccc(NC(=O)C2N(CCCO)C(=O)[C@@H]3[C@@H](C(=O)NC)[C@@H]4SC23CC4Br)cc1. The second-order valence-corrected chi connectivity index (χ2v) is 11.8. The van der Waals surface area contributed by atoms with Crippen LogP contribution in [0.4, 0.5) is 11.4 Å². The Hall–Kier alpha value is -1.78. The molecule has 3 unspecified atom stereocenters. The third-order valence-corrected chi connectivity index (χ3v) is 10.6. The van der Waals surface area contributed by atoms with Crippen molar-refractivity contribution in [1.29, 1.82) is 0 Å². The average molecular weight is 554 g/mol. The van der Waals surface area contributed by atoms with Crippen LogP contribution in [-0.4, -0.2) is 81.9 Å². The van der Waals surface area contributed by atoms with Crippen molar-refractivity contribution in [1.82, 2.24) is 10.2 Å². The molecule has 3 heterocycles. The van der Waals surface area contributed by atoms with E-state index >= 15 is 0 Å². The van der Waals surface area contributed by atoms with Crippen LogP contribution in [0.25, 0.3) is 0 Å². The summed E-state index contributed by atoms with van der Waals surface area (Å²) in [6.07, 6.45) is 1.02. The van der Waals surface area contributed by atoms with Crippen LogP contribution in [0.5, 0.6) is 0 Å². The lowest BCUT2D eigenvalue weighted by Crippen LogP contribution is -2.53. The molecule has 0 aromatic heterocycles. The molecule has 0 aliphatic carbocycles. The molecule has 3 N–H and O–H groups in total. The number of halogens is 1. The maximum Gasteiger partial charge on any atom is 0.248 e. The van der Waals surface area contributed by atoms with Crippen molar-refractivity contribution in [2.75, 3.05) is 43.5 Å². The van der Waals surface area contributed by atoms with Crippen molar-refractivity contribution in [3.05, 3.63) is 24.3 Å². The smallest absolute Gasteiger partial charge is 0.248 e. The summed E-state index contributed by atoms with van der Waals surface area (Å²) in [6, 6.07) is 7.03. The van der Waals surface area contributed by atoms with Gasteiger partial charge in [-0.1, -0.05) is 15.9 Å². The molecule has 3 fully saturated rings. The number of thioether (sulfide) groups is 1. The lowest BCUT2D eigenvalue weighted by atomic mass is 9.70. The second-order valence-electron chi connectivity index (χ2n) is 9.09. The second kappa shape index (κ2) is 10.1. The Morgan fingerprint density at radius 3 is 2.50 bits per heavy atom. The van der Waals surface area contributed by atoms with Crippen molar-refractivity contribution < 1.29 is 19.5 Å². The third kappa shape index (κ3) is 4.01. The minimum absolute atomic E-state index is 0.0466. The van der Waals surface area contributed by atoms with Gasteiger partial charge in [-0.05, 0) is 51.0 Å². The summed E-state index contributed by atoms with van der Waals surface area (Å²) in [6.45, 7) is 6.21. The molecule has 1 spiro atoms. The summed E-state index contributed by atoms with van der Waals surface area (Å²) >= 11 is 5.34. The first-order chi connectivity index (χ1) is 16.3. The molecule has 0 radical (unpaired) electrons. The Kier molecular flexibility index (Phi) is 7.50. The highest BCUT2D eigenvalue weighted by molar-refractivity contribution is 9.09. The number of hydrogen-bond donors (Lipinski definition) is 3. The van der Waals surface area contributed by atoms with E-state index in [1.807, 2.05) is 24.3 Å². The van der Waals surface area contributed by atoms with Gasteiger partial charge in [-0.15, -0.1) is 11.8 Å². The predicted octanol–water partition coefficient (Wildman–Crippen LogP) is 2.06. The number of benzene rings is 1. The van der Waals surface area contributed by atoms with Gasteiger partial charge in [-0.25, -0.2) is 0 Å². The molecule has 3 aliphatic heterocycles. The van der Waals surface area contributed by atoms with E-state index in [9.17, 15) is 19.5 Å². The Bertz CT molecular complexity index is 943. The highest BCUT2D eigenvalue weighted by Gasteiger charge is 2.75. The van der Waals surface area contributed by atoms with E-state index in [1.165, 1.54) is 0 Å². The van der Waals surface area contributed by atoms with Gasteiger partial charge >= 0.3 is 0 Å². The number of hydrogen-bond acceptors (Lipinski definition) is 6. The lowest BCUT2D eigenvalue weighted by molar-refractivity contribution is -0.139. The summed E-state index contributed by atoms with van der Waals surface area (Å²) in [5.74, 6) is -1.58. The highest BCUT2D eigenvalue weighted by atomic mass is 79.9. The number of anilines is 2. The van der Waals surface area contributed by atoms with Crippen molar-refractivity contribution >= 4 is 56.8 Å². The summed E-state index contributed by atoms with van der Waals surface area (Å²) in [5.41, 5.74) is 1.76. The zero-order valence-electron chi connectivity index (χ0n) is 19.8. The van der Waals surface area contributed by atoms with Gasteiger partial charge in [0, 0.05) is 54.7 Å². The number of carbonyl (C=O) groups excluding carboxylic acids is 3. The zero-order chi connectivity index (χ0) is 24.6. The first-order valence-corrected chi connectivity index (χ1v) is 13.7. The quantitative estimate of drug-likeness (QED) is 0.405. The Labute approximate surface area is 213 Å². The fraction of sp³-hybridized carbons (Fsp3) is 0.625. The van der Waals surface area contributed by atoms with Crippen LogP contribution in [0.3, 0.4) is 0 Å². The van der Waals surface area contributed by atoms with Gasteiger partial charge in [-0.2, -0.15) is 0 Å². The van der Waals surface area contributed by atoms with Crippen molar-refractivity contribution in [3.63, 3.8) is 0 Å². The number of amides is 3. The van der Waals surface area contributed by atoms with E-state index in [4.69, 9.17) is 0 Å². The van der Waals surface area contributed by atoms with Crippen molar-refractivity contribution in [2.45, 2.75) is 47.6 Å². The molecule has 3 aliphatic rings. The molecular weight excluding hydrogens is 520 g/mol. The standard InChI is InChI=1S/C24H33BrN4O4S/c1-4-28(5-2)15-9-7-14(8-10-15)27-22(32)20-24-13-16(25)19(34-24)17(21(31)26-3)18(24)23(33)29(20)11-6-12-30/h7-10,16-20,30H,4-6,11-13H2,1-3H3,(H,26,31)(H,27,32)/t16?,17-,18+,19-,20?,24?/m1/s1. The van der Waals surface area contributed by atoms with Crippen molar-refractivity contribution in [2.24, 2.45) is 11.8 Å². The number of likely N-dealkylation sites (tertiary alicyclic amines) is 1. The van der Waals surface area contributed by atoms with Gasteiger partial charge in [0.2, 0.25) is 17.7 Å². The van der Waals surface area contributed by atoms with E-state index in [0.29, 0.717) is 18.5 Å². The molecule has 6 atom stereocenters. The Balaban J connectivity index is 1.64. The number of aliphatic hydroxyl groups is 1. The number of nitrogens with one attached hydrogen (secondary N) is 2. The molecule has 3 saturated heterocycles. The van der Waals surface area contributed by atoms with Gasteiger partial charge in [0.15, 0.2) is 0 Å². The summed E-state index contributed by atoms with van der Waals surface area (Å²) in [4.78, 5) is 44.0. The molecule has 186 valence electrons. The topological polar surface area (TPSA) is 102 Å². The molecular formula is C24H33BrN4O4S. The Morgan fingerprint density at radius 1 is 1.24 bits per heavy atom. The third-order valence-electron chi connectivity index (χ3n) is 7.41. The number of rotatable bonds is 9. The lowest BCUT2D eigenvalue weighted by Gasteiger charge is -2.35. The predicted molar refractivity (Wildman–Crippen MR) is 138 cm³/mol. The maximum absolute atomic E-state index is 13.7. The summed E-state index contributed by atoms with van der Waals surface area (Å²) in [7, 11) is 1.59. The van der Waals surface area contributed by atoms with Crippen LogP contribution in [0, 0.1) is 11.8 Å². The van der Waals surface area contributed by atoms with Gasteiger partial charge in [0.1, 0.15) is 6.04 Å². The fourth-order valence-electron chi connectivity index (χ4n) is 5.93. The number of aliphatic hydroxyl groups excluding tert-OH is 1. The maximum atomic E-state index is 13.7. The van der Waals surface area contributed by atoms with Crippen LogP contribution >= 0.6 is 27.7 Å². The van der Waals surface area contributed by atoms with Crippen LogP contribution in [-0.2, 0) is 14.4 Å². The van der Waals surface area contributed by atoms with Crippen LogP contribution < -0.4 is 15.5 Å². The Morgan fingerprint density at radius 2 is 1.91 bits per heavy atom. The summed E-state index contributed by atoms with van der Waals surface area (Å²) in [5, 5.41) is 15.1. The largest absolute Gasteiger partial charge is 0.396 e. The molecule has 2 bridgehead atoms. The monoisotopic (exact) mass is 552 g/mol. The van der Waals surface area contributed by atoms with E-state index in [2.05, 4.69) is 45.3 Å². The fourth-order valence-corrected chi connectivity index (χ4v) is 9.55. The van der Waals surface area contributed by atoms with Crippen LogP contribution in [0.2, 0.25) is 0 Å². The van der Waals surface area contributed by atoms with Gasteiger partial charge in [0.05, 0.1) is 16.6 Å². The number of alkyl halides is 1. The first kappa shape index (κ1) is 25.3. The van der Waals surface area contributed by atoms with E-state index in [-0.39, 0.29) is 41.0 Å². The molecule has 34 heavy (non-hydrogen) atoms. The van der Waals surface area contributed by atoms with Gasteiger partial charge in [0.25, 0.3) is 0 Å². The van der Waals surface area contributed by atoms with E-state index in [1.54, 1.807) is 23.7 Å². The first-order valence-electron chi connectivity index (χ1n) is 11.9. The van der Waals surface area contributed by atoms with Crippen molar-refractivity contribution in [3.8, 4) is 0 Å². The summed E-state index contributed by atoms with van der Waals surface area (Å²) < 4.78 is -0.673. The molecule has 1 aromatic rings. The normalized spacial score (nSPS) is 31.5. The average Bonchev–Trinajstić information content (AvgIpc) is 3.42. The molecule has 0 saturated carbocycles. The van der Waals surface area contributed by atoms with Gasteiger partial charge < -0.3 is 25.5 Å². The number of carbonyl (C=O) groups is 3. The molecule has 10 heteroatoms. The minimum atomic E-state index is -0.705. The highest BCUT2D eigenvalue weighted by Crippen LogP contribution is 2.67. The minimum Gasteiger partial charge on any atom is -0.396 e. The molecule has 4 rings (SSSR count). The molecule has 3 amide bonds. The van der Waals surface area contributed by atoms with E-state index in [0.717, 1.165) is 18.8 Å².